The SMILES string of the molecule is COC(=O)C(Cc1ccc(Cl)cc1)SCC(=O)O. The molecule has 1 atom stereocenters. The van der Waals surface area contributed by atoms with Crippen LogP contribution in [0.2, 0.25) is 5.02 Å². The second-order valence-corrected chi connectivity index (χ2v) is 5.17. The van der Waals surface area contributed by atoms with Crippen LogP contribution >= 0.6 is 23.4 Å². The number of carbonyl (C=O) groups is 2. The summed E-state index contributed by atoms with van der Waals surface area (Å²) in [6.45, 7) is 0. The molecule has 0 aliphatic heterocycles. The number of thioether (sulfide) groups is 1. The average molecular weight is 289 g/mol. The van der Waals surface area contributed by atoms with Gasteiger partial charge in [-0.2, -0.15) is 0 Å². The van der Waals surface area contributed by atoms with Gasteiger partial charge < -0.3 is 9.84 Å². The fourth-order valence-corrected chi connectivity index (χ4v) is 2.36. The van der Waals surface area contributed by atoms with Gasteiger partial charge >= 0.3 is 11.9 Å². The Balaban J connectivity index is 2.68. The van der Waals surface area contributed by atoms with E-state index in [1.165, 1.54) is 7.11 Å². The van der Waals surface area contributed by atoms with Crippen molar-refractivity contribution in [3.05, 3.63) is 34.9 Å². The van der Waals surface area contributed by atoms with Gasteiger partial charge in [-0.1, -0.05) is 23.7 Å². The van der Waals surface area contributed by atoms with E-state index in [2.05, 4.69) is 4.74 Å². The van der Waals surface area contributed by atoms with Crippen LogP contribution in [0.15, 0.2) is 24.3 Å². The van der Waals surface area contributed by atoms with E-state index in [0.717, 1.165) is 17.3 Å². The Morgan fingerprint density at radius 3 is 2.50 bits per heavy atom. The first-order valence-electron chi connectivity index (χ1n) is 5.18. The predicted octanol–water partition coefficient (Wildman–Crippen LogP) is 2.24. The normalized spacial score (nSPS) is 11.9. The van der Waals surface area contributed by atoms with Crippen LogP contribution in [0, 0.1) is 0 Å². The highest BCUT2D eigenvalue weighted by molar-refractivity contribution is 8.01. The van der Waals surface area contributed by atoms with Crippen molar-refractivity contribution in [1.82, 2.24) is 0 Å². The molecule has 4 nitrogen and oxygen atoms in total. The molecule has 6 heteroatoms. The lowest BCUT2D eigenvalue weighted by Crippen LogP contribution is -2.23. The number of halogens is 1. The summed E-state index contributed by atoms with van der Waals surface area (Å²) in [5, 5.41) is 8.73. The minimum absolute atomic E-state index is 0.132. The molecule has 1 aromatic carbocycles. The van der Waals surface area contributed by atoms with E-state index in [-0.39, 0.29) is 5.75 Å². The largest absolute Gasteiger partial charge is 0.481 e. The predicted molar refractivity (Wildman–Crippen MR) is 71.1 cm³/mol. The van der Waals surface area contributed by atoms with Crippen molar-refractivity contribution in [2.45, 2.75) is 11.7 Å². The molecule has 0 saturated heterocycles. The van der Waals surface area contributed by atoms with E-state index in [1.54, 1.807) is 24.3 Å². The molecular formula is C12H13ClO4S. The van der Waals surface area contributed by atoms with Crippen molar-refractivity contribution >= 4 is 35.3 Å². The molecule has 18 heavy (non-hydrogen) atoms. The Labute approximate surface area is 114 Å². The summed E-state index contributed by atoms with van der Waals surface area (Å²) in [6, 6.07) is 7.07. The van der Waals surface area contributed by atoms with Crippen LogP contribution < -0.4 is 0 Å². The van der Waals surface area contributed by atoms with Crippen LogP contribution in [-0.4, -0.2) is 35.2 Å². The van der Waals surface area contributed by atoms with E-state index in [4.69, 9.17) is 16.7 Å². The number of rotatable bonds is 6. The van der Waals surface area contributed by atoms with Gasteiger partial charge in [0.25, 0.3) is 0 Å². The summed E-state index contributed by atoms with van der Waals surface area (Å²) in [6.07, 6.45) is 0.418. The number of hydrogen-bond donors (Lipinski definition) is 1. The van der Waals surface area contributed by atoms with Crippen LogP contribution in [0.4, 0.5) is 0 Å². The highest BCUT2D eigenvalue weighted by atomic mass is 35.5. The van der Waals surface area contributed by atoms with Crippen molar-refractivity contribution < 1.29 is 19.4 Å². The number of carboxylic acids is 1. The highest BCUT2D eigenvalue weighted by Crippen LogP contribution is 2.19. The van der Waals surface area contributed by atoms with Gasteiger partial charge in [0.1, 0.15) is 5.25 Å². The topological polar surface area (TPSA) is 63.6 Å². The molecule has 98 valence electrons. The Bertz CT molecular complexity index is 419. The molecule has 0 aromatic heterocycles. The number of carbonyl (C=O) groups excluding carboxylic acids is 1. The van der Waals surface area contributed by atoms with Crippen molar-refractivity contribution in [3.63, 3.8) is 0 Å². The number of esters is 1. The molecule has 1 aromatic rings. The van der Waals surface area contributed by atoms with Crippen molar-refractivity contribution in [2.24, 2.45) is 0 Å². The number of aliphatic carboxylic acids is 1. The molecular weight excluding hydrogens is 276 g/mol. The second-order valence-electron chi connectivity index (χ2n) is 3.55. The summed E-state index contributed by atoms with van der Waals surface area (Å²) in [5.74, 6) is -1.51. The van der Waals surface area contributed by atoms with Gasteiger partial charge in [0, 0.05) is 5.02 Å². The van der Waals surface area contributed by atoms with E-state index < -0.39 is 17.2 Å². The van der Waals surface area contributed by atoms with E-state index in [0.29, 0.717) is 11.4 Å². The number of methoxy groups -OCH3 is 1. The number of hydrogen-bond acceptors (Lipinski definition) is 4. The molecule has 0 spiro atoms. The van der Waals surface area contributed by atoms with E-state index >= 15 is 0 Å². The van der Waals surface area contributed by atoms with E-state index in [9.17, 15) is 9.59 Å². The maximum Gasteiger partial charge on any atom is 0.319 e. The van der Waals surface area contributed by atoms with Crippen molar-refractivity contribution in [2.75, 3.05) is 12.9 Å². The van der Waals surface area contributed by atoms with Gasteiger partial charge in [-0.05, 0) is 24.1 Å². The molecule has 0 bridgehead atoms. The first kappa shape index (κ1) is 14.9. The smallest absolute Gasteiger partial charge is 0.319 e. The Hall–Kier alpha value is -1.20. The first-order valence-corrected chi connectivity index (χ1v) is 6.61. The summed E-state index contributed by atoms with van der Waals surface area (Å²) in [7, 11) is 1.29. The van der Waals surface area contributed by atoms with Gasteiger partial charge in [0.2, 0.25) is 0 Å². The maximum atomic E-state index is 11.5. The summed E-state index contributed by atoms with van der Waals surface area (Å²) in [5.41, 5.74) is 0.910. The molecule has 0 aliphatic rings. The molecule has 0 saturated carbocycles. The Morgan fingerprint density at radius 2 is 2.00 bits per heavy atom. The molecule has 0 aliphatic carbocycles. The van der Waals surface area contributed by atoms with Crippen LogP contribution in [0.25, 0.3) is 0 Å². The van der Waals surface area contributed by atoms with Crippen LogP contribution in [-0.2, 0) is 20.7 Å². The van der Waals surface area contributed by atoms with Crippen LogP contribution in [0.1, 0.15) is 5.56 Å². The molecule has 0 heterocycles. The molecule has 1 unspecified atom stereocenters. The monoisotopic (exact) mass is 288 g/mol. The standard InChI is InChI=1S/C12H13ClO4S/c1-17-12(16)10(18-7-11(14)15)6-8-2-4-9(13)5-3-8/h2-5,10H,6-7H2,1H3,(H,14,15). The number of ether oxygens (including phenoxy) is 1. The maximum absolute atomic E-state index is 11.5. The minimum atomic E-state index is -0.954. The molecule has 0 radical (unpaired) electrons. The number of carboxylic acid groups (broad SMARTS) is 1. The van der Waals surface area contributed by atoms with Crippen molar-refractivity contribution in [1.29, 1.82) is 0 Å². The average Bonchev–Trinajstić information content (AvgIpc) is 2.35. The van der Waals surface area contributed by atoms with Gasteiger partial charge in [-0.15, -0.1) is 11.8 Å². The Kier molecular flexibility index (Phi) is 6.01. The zero-order valence-electron chi connectivity index (χ0n) is 9.76. The fraction of sp³-hybridized carbons (Fsp3) is 0.333. The first-order chi connectivity index (χ1) is 8.52. The third-order valence-electron chi connectivity index (χ3n) is 2.21. The quantitative estimate of drug-likeness (QED) is 0.813. The molecule has 1 N–H and O–H groups in total. The lowest BCUT2D eigenvalue weighted by Gasteiger charge is -2.13. The lowest BCUT2D eigenvalue weighted by atomic mass is 10.1. The van der Waals surface area contributed by atoms with Crippen LogP contribution in [0.3, 0.4) is 0 Å². The third-order valence-corrected chi connectivity index (χ3v) is 3.63. The lowest BCUT2D eigenvalue weighted by molar-refractivity contribution is -0.139. The zero-order valence-corrected chi connectivity index (χ0v) is 11.3. The van der Waals surface area contributed by atoms with Crippen molar-refractivity contribution in [3.8, 4) is 0 Å². The summed E-state index contributed by atoms with van der Waals surface area (Å²) >= 11 is 6.82. The third kappa shape index (κ3) is 4.98. The van der Waals surface area contributed by atoms with Crippen LogP contribution in [0.5, 0.6) is 0 Å². The Morgan fingerprint density at radius 1 is 1.39 bits per heavy atom. The molecule has 0 amide bonds. The summed E-state index contributed by atoms with van der Waals surface area (Å²) < 4.78 is 4.66. The van der Waals surface area contributed by atoms with Gasteiger partial charge in [-0.3, -0.25) is 9.59 Å². The highest BCUT2D eigenvalue weighted by Gasteiger charge is 2.21. The minimum Gasteiger partial charge on any atom is -0.481 e. The second kappa shape index (κ2) is 7.28. The molecule has 0 fully saturated rings. The van der Waals surface area contributed by atoms with Gasteiger partial charge in [0.05, 0.1) is 12.9 Å². The fourth-order valence-electron chi connectivity index (χ4n) is 1.35. The van der Waals surface area contributed by atoms with E-state index in [1.807, 2.05) is 0 Å². The molecule has 1 rings (SSSR count). The summed E-state index contributed by atoms with van der Waals surface area (Å²) in [4.78, 5) is 22.1. The zero-order chi connectivity index (χ0) is 13.5. The number of benzene rings is 1. The van der Waals surface area contributed by atoms with Gasteiger partial charge in [0.15, 0.2) is 0 Å². The van der Waals surface area contributed by atoms with Gasteiger partial charge in [-0.25, -0.2) is 0 Å².